The average molecular weight is 441 g/mol. The predicted octanol–water partition coefficient (Wildman–Crippen LogP) is 7.35. The second-order valence-electron chi connectivity index (χ2n) is 14.6. The molecule has 1 N–H and O–H groups in total. The molecule has 0 radical (unpaired) electrons. The van der Waals surface area contributed by atoms with Gasteiger partial charge < -0.3 is 5.11 Å². The molecule has 2 nitrogen and oxygen atoms in total. The number of Topliss-reactive ketones (excluding diaryl/α,β-unsaturated/α-hetero) is 1. The first-order chi connectivity index (χ1) is 14.7. The summed E-state index contributed by atoms with van der Waals surface area (Å²) in [4.78, 5) is 12.8. The van der Waals surface area contributed by atoms with Gasteiger partial charge in [-0.1, -0.05) is 46.8 Å². The van der Waals surface area contributed by atoms with E-state index >= 15 is 0 Å². The standard InChI is InChI=1S/C30H48O2/c1-20(9-8-14-25(2,3)32)21-12-15-28(7)23-11-10-22-26(4,5)24(31)13-16-29(22)19-30(23,29)18-17-27(21,28)6/h8,14,20-23,32H,9-13,15-19H2,1-7H3/t20-,21-,22+,23+,27-,28+,29-,30+/m1/s1. The Balaban J connectivity index is 1.40. The Labute approximate surface area is 197 Å². The van der Waals surface area contributed by atoms with Crippen LogP contribution in [0.4, 0.5) is 0 Å². The van der Waals surface area contributed by atoms with Crippen LogP contribution in [0.15, 0.2) is 12.2 Å². The summed E-state index contributed by atoms with van der Waals surface area (Å²) in [7, 11) is 0. The van der Waals surface area contributed by atoms with E-state index in [-0.39, 0.29) is 5.41 Å². The number of ketones is 1. The van der Waals surface area contributed by atoms with Crippen LogP contribution in [0.25, 0.3) is 0 Å². The van der Waals surface area contributed by atoms with Crippen molar-refractivity contribution in [2.24, 2.45) is 50.7 Å². The minimum absolute atomic E-state index is 0.103. The van der Waals surface area contributed by atoms with Crippen LogP contribution >= 0.6 is 0 Å². The van der Waals surface area contributed by atoms with Gasteiger partial charge >= 0.3 is 0 Å². The molecular formula is C30H48O2. The summed E-state index contributed by atoms with van der Waals surface area (Å²) < 4.78 is 0. The molecule has 8 atom stereocenters. The van der Waals surface area contributed by atoms with Crippen molar-refractivity contribution in [3.05, 3.63) is 12.2 Å². The molecular weight excluding hydrogens is 392 g/mol. The molecule has 2 heteroatoms. The van der Waals surface area contributed by atoms with Crippen LogP contribution in [0.3, 0.4) is 0 Å². The van der Waals surface area contributed by atoms with Gasteiger partial charge in [0.05, 0.1) is 5.60 Å². The topological polar surface area (TPSA) is 37.3 Å². The lowest BCUT2D eigenvalue weighted by atomic mass is 9.42. The normalized spacial score (nSPS) is 50.4. The van der Waals surface area contributed by atoms with Crippen LogP contribution < -0.4 is 0 Å². The molecule has 2 spiro atoms. The van der Waals surface area contributed by atoms with Crippen molar-refractivity contribution >= 4 is 5.78 Å². The summed E-state index contributed by atoms with van der Waals surface area (Å²) in [5.41, 5.74) is 1.09. The Morgan fingerprint density at radius 1 is 0.969 bits per heavy atom. The number of hydrogen-bond donors (Lipinski definition) is 1. The van der Waals surface area contributed by atoms with Crippen molar-refractivity contribution in [2.45, 2.75) is 118 Å². The highest BCUT2D eigenvalue weighted by Gasteiger charge is 2.82. The summed E-state index contributed by atoms with van der Waals surface area (Å²) in [5.74, 6) is 3.48. The highest BCUT2D eigenvalue weighted by Crippen LogP contribution is 2.88. The Morgan fingerprint density at radius 2 is 1.62 bits per heavy atom. The van der Waals surface area contributed by atoms with Crippen molar-refractivity contribution in [1.82, 2.24) is 0 Å². The van der Waals surface area contributed by atoms with Gasteiger partial charge in [0.2, 0.25) is 0 Å². The molecule has 0 bridgehead atoms. The van der Waals surface area contributed by atoms with E-state index in [1.54, 1.807) is 0 Å². The molecule has 5 aliphatic carbocycles. The third-order valence-corrected chi connectivity index (χ3v) is 12.6. The van der Waals surface area contributed by atoms with Crippen molar-refractivity contribution in [1.29, 1.82) is 0 Å². The zero-order valence-corrected chi connectivity index (χ0v) is 21.9. The maximum Gasteiger partial charge on any atom is 0.138 e. The summed E-state index contributed by atoms with van der Waals surface area (Å²) in [6.45, 7) is 16.1. The van der Waals surface area contributed by atoms with E-state index in [4.69, 9.17) is 0 Å². The molecule has 180 valence electrons. The van der Waals surface area contributed by atoms with E-state index < -0.39 is 5.60 Å². The molecule has 5 fully saturated rings. The molecule has 32 heavy (non-hydrogen) atoms. The lowest BCUT2D eigenvalue weighted by molar-refractivity contribution is -0.156. The third kappa shape index (κ3) is 2.77. The molecule has 0 amide bonds. The second-order valence-corrected chi connectivity index (χ2v) is 14.6. The summed E-state index contributed by atoms with van der Waals surface area (Å²) in [5, 5.41) is 10.1. The minimum atomic E-state index is -0.709. The predicted molar refractivity (Wildman–Crippen MR) is 131 cm³/mol. The monoisotopic (exact) mass is 440 g/mol. The van der Waals surface area contributed by atoms with E-state index in [1.807, 2.05) is 19.9 Å². The summed E-state index contributed by atoms with van der Waals surface area (Å²) in [6.07, 6.45) is 16.9. The first-order valence-electron chi connectivity index (χ1n) is 13.7. The Hall–Kier alpha value is -0.630. The Kier molecular flexibility index (Phi) is 4.87. The zero-order valence-electron chi connectivity index (χ0n) is 21.9. The average Bonchev–Trinajstić information content (AvgIpc) is 3.27. The number of hydrogen-bond acceptors (Lipinski definition) is 2. The smallest absolute Gasteiger partial charge is 0.138 e. The number of carbonyl (C=O) groups is 1. The molecule has 0 aromatic carbocycles. The molecule has 5 rings (SSSR count). The van der Waals surface area contributed by atoms with E-state index in [0.717, 1.165) is 24.7 Å². The van der Waals surface area contributed by atoms with Gasteiger partial charge in [0, 0.05) is 11.8 Å². The lowest BCUT2D eigenvalue weighted by Crippen LogP contribution is -2.57. The highest BCUT2D eigenvalue weighted by molar-refractivity contribution is 5.86. The van der Waals surface area contributed by atoms with Crippen LogP contribution in [0.5, 0.6) is 0 Å². The van der Waals surface area contributed by atoms with Gasteiger partial charge in [0.1, 0.15) is 5.78 Å². The van der Waals surface area contributed by atoms with Gasteiger partial charge in [-0.25, -0.2) is 0 Å². The van der Waals surface area contributed by atoms with Crippen LogP contribution in [0, 0.1) is 50.7 Å². The van der Waals surface area contributed by atoms with Gasteiger partial charge in [-0.3, -0.25) is 4.79 Å². The molecule has 5 aliphatic rings. The molecule has 0 aliphatic heterocycles. The highest BCUT2D eigenvalue weighted by atomic mass is 16.3. The summed E-state index contributed by atoms with van der Waals surface area (Å²) >= 11 is 0. The zero-order chi connectivity index (χ0) is 23.4. The van der Waals surface area contributed by atoms with Crippen molar-refractivity contribution in [3.63, 3.8) is 0 Å². The fourth-order valence-electron chi connectivity index (χ4n) is 10.9. The Morgan fingerprint density at radius 3 is 2.31 bits per heavy atom. The molecule has 0 heterocycles. The molecule has 0 unspecified atom stereocenters. The SMILES string of the molecule is C[C@H](CC=CC(C)(C)O)[C@H]1CC[C@@]2(C)[C@@H]3CC[C@H]4C(C)(C)C(=O)CC[C@@]45C[C@@]35CC[C@]12C. The van der Waals surface area contributed by atoms with E-state index in [0.29, 0.717) is 39.3 Å². The molecule has 5 saturated carbocycles. The van der Waals surface area contributed by atoms with Crippen molar-refractivity contribution in [2.75, 3.05) is 0 Å². The van der Waals surface area contributed by atoms with Gasteiger partial charge in [0.25, 0.3) is 0 Å². The largest absolute Gasteiger partial charge is 0.386 e. The van der Waals surface area contributed by atoms with Crippen molar-refractivity contribution < 1.29 is 9.90 Å². The minimum Gasteiger partial charge on any atom is -0.386 e. The molecule has 0 saturated heterocycles. The van der Waals surface area contributed by atoms with E-state index in [2.05, 4.69) is 40.7 Å². The van der Waals surface area contributed by atoms with Crippen LogP contribution in [0.1, 0.15) is 113 Å². The van der Waals surface area contributed by atoms with Crippen molar-refractivity contribution in [3.8, 4) is 0 Å². The van der Waals surface area contributed by atoms with Crippen LogP contribution in [-0.2, 0) is 4.79 Å². The number of fused-ring (bicyclic) bond motifs is 2. The van der Waals surface area contributed by atoms with E-state index in [9.17, 15) is 9.90 Å². The Bertz CT molecular complexity index is 832. The fraction of sp³-hybridized carbons (Fsp3) is 0.900. The maximum atomic E-state index is 12.8. The summed E-state index contributed by atoms with van der Waals surface area (Å²) in [6, 6.07) is 0. The van der Waals surface area contributed by atoms with Gasteiger partial charge in [0.15, 0.2) is 0 Å². The molecule has 0 aromatic rings. The number of allylic oxidation sites excluding steroid dienone is 1. The molecule has 0 aromatic heterocycles. The number of carbonyl (C=O) groups excluding carboxylic acids is 1. The number of aliphatic hydroxyl groups is 1. The second kappa shape index (κ2) is 6.73. The lowest BCUT2D eigenvalue weighted by Gasteiger charge is -2.62. The van der Waals surface area contributed by atoms with Crippen LogP contribution in [-0.4, -0.2) is 16.5 Å². The first kappa shape index (κ1) is 23.1. The number of rotatable bonds is 4. The first-order valence-corrected chi connectivity index (χ1v) is 13.7. The quantitative estimate of drug-likeness (QED) is 0.464. The van der Waals surface area contributed by atoms with E-state index in [1.165, 1.54) is 51.4 Å². The maximum absolute atomic E-state index is 12.8. The fourth-order valence-corrected chi connectivity index (χ4v) is 10.9. The third-order valence-electron chi connectivity index (χ3n) is 12.6. The van der Waals surface area contributed by atoms with Crippen LogP contribution in [0.2, 0.25) is 0 Å². The van der Waals surface area contributed by atoms with Gasteiger partial charge in [-0.2, -0.15) is 0 Å². The van der Waals surface area contributed by atoms with Gasteiger partial charge in [-0.15, -0.1) is 0 Å². The van der Waals surface area contributed by atoms with Gasteiger partial charge in [-0.05, 0) is 117 Å².